The first-order chi connectivity index (χ1) is 14.7. The van der Waals surface area contributed by atoms with E-state index in [4.69, 9.17) is 0 Å². The van der Waals surface area contributed by atoms with Crippen LogP contribution in [0.2, 0.25) is 0 Å². The fraction of sp³-hybridized carbons (Fsp3) is 0.625. The maximum absolute atomic E-state index is 13.0. The maximum atomic E-state index is 13.0. The largest absolute Gasteiger partial charge is 0.368 e. The molecule has 6 unspecified atom stereocenters. The van der Waals surface area contributed by atoms with E-state index in [1.807, 2.05) is 18.5 Å². The van der Waals surface area contributed by atoms with Gasteiger partial charge in [-0.2, -0.15) is 0 Å². The van der Waals surface area contributed by atoms with E-state index in [1.54, 1.807) is 4.90 Å². The summed E-state index contributed by atoms with van der Waals surface area (Å²) in [7, 11) is 0. The van der Waals surface area contributed by atoms with Gasteiger partial charge in [0.1, 0.15) is 0 Å². The number of anilines is 1. The van der Waals surface area contributed by atoms with Crippen molar-refractivity contribution < 1.29 is 9.59 Å². The van der Waals surface area contributed by atoms with Crippen molar-refractivity contribution in [3.63, 3.8) is 0 Å². The molecule has 4 fully saturated rings. The Labute approximate surface area is 177 Å². The summed E-state index contributed by atoms with van der Waals surface area (Å²) in [5.74, 6) is 2.20. The second-order valence-electron chi connectivity index (χ2n) is 9.73. The highest BCUT2D eigenvalue weighted by molar-refractivity contribution is 6.06. The molecule has 2 aliphatic heterocycles. The van der Waals surface area contributed by atoms with Gasteiger partial charge in [-0.05, 0) is 61.6 Å². The Balaban J connectivity index is 0.974. The number of unbranched alkanes of at least 4 members (excludes halogenated alkanes) is 1. The molecule has 1 aromatic heterocycles. The summed E-state index contributed by atoms with van der Waals surface area (Å²) in [6.07, 6.45) is 11.4. The van der Waals surface area contributed by atoms with Gasteiger partial charge >= 0.3 is 0 Å². The van der Waals surface area contributed by atoms with Gasteiger partial charge in [-0.15, -0.1) is 0 Å². The van der Waals surface area contributed by atoms with Crippen LogP contribution in [-0.2, 0) is 9.59 Å². The topological polar surface area (TPSA) is 56.8 Å². The molecule has 2 bridgehead atoms. The van der Waals surface area contributed by atoms with Crippen molar-refractivity contribution in [3.05, 3.63) is 36.7 Å². The minimum absolute atomic E-state index is 0.0446. The number of likely N-dealkylation sites (tertiary alicyclic amines) is 1. The molecule has 6 nitrogen and oxygen atoms in total. The summed E-state index contributed by atoms with van der Waals surface area (Å²) in [5, 5.41) is 0. The predicted molar refractivity (Wildman–Crippen MR) is 114 cm³/mol. The number of pyridine rings is 1. The van der Waals surface area contributed by atoms with Gasteiger partial charge in [0.05, 0.1) is 23.7 Å². The van der Waals surface area contributed by atoms with Crippen molar-refractivity contribution in [2.45, 2.75) is 19.3 Å². The number of amides is 2. The van der Waals surface area contributed by atoms with E-state index in [1.165, 1.54) is 12.1 Å². The normalized spacial score (nSPS) is 36.9. The molecule has 4 aliphatic carbocycles. The lowest BCUT2D eigenvalue weighted by Gasteiger charge is -2.37. The Hall–Kier alpha value is -2.21. The number of carbonyl (C=O) groups excluding carboxylic acids is 2. The molecule has 30 heavy (non-hydrogen) atoms. The third kappa shape index (κ3) is 2.91. The summed E-state index contributed by atoms with van der Waals surface area (Å²) in [5.41, 5.74) is 1.20. The standard InChI is InChI=1S/C24H30N4O2/c29-23-21-17-5-6-18(20-14-19(17)20)22(21)24(30)28(23)9-2-1-8-26-10-12-27(13-11-26)16-4-3-7-25-15-16/h3-7,15,17-22H,1-2,8-14H2. The summed E-state index contributed by atoms with van der Waals surface area (Å²) in [4.78, 5) is 36.8. The minimum Gasteiger partial charge on any atom is -0.368 e. The minimum atomic E-state index is -0.0446. The van der Waals surface area contributed by atoms with Gasteiger partial charge in [0.15, 0.2) is 0 Å². The second-order valence-corrected chi connectivity index (χ2v) is 9.73. The molecular formula is C24H30N4O2. The highest BCUT2D eigenvalue weighted by Crippen LogP contribution is 2.65. The van der Waals surface area contributed by atoms with Gasteiger partial charge in [-0.25, -0.2) is 0 Å². The van der Waals surface area contributed by atoms with Crippen molar-refractivity contribution in [3.8, 4) is 0 Å². The first-order valence-corrected chi connectivity index (χ1v) is 11.6. The molecule has 6 atom stereocenters. The lowest BCUT2D eigenvalue weighted by molar-refractivity contribution is -0.140. The van der Waals surface area contributed by atoms with Crippen LogP contribution in [0.3, 0.4) is 0 Å². The molecule has 0 spiro atoms. The number of nitrogens with zero attached hydrogens (tertiary/aromatic N) is 4. The van der Waals surface area contributed by atoms with Gasteiger partial charge in [0, 0.05) is 38.9 Å². The molecule has 0 aromatic carbocycles. The van der Waals surface area contributed by atoms with Crippen LogP contribution in [0.4, 0.5) is 5.69 Å². The van der Waals surface area contributed by atoms with Crippen molar-refractivity contribution in [1.29, 1.82) is 0 Å². The van der Waals surface area contributed by atoms with E-state index in [0.717, 1.165) is 45.6 Å². The summed E-state index contributed by atoms with van der Waals surface area (Å²) in [6.45, 7) is 5.80. The first-order valence-electron chi connectivity index (χ1n) is 11.6. The lowest BCUT2D eigenvalue weighted by atomic mass is 9.63. The van der Waals surface area contributed by atoms with Crippen molar-refractivity contribution >= 4 is 17.5 Å². The molecule has 0 radical (unpaired) electrons. The number of piperazine rings is 1. The average molecular weight is 407 g/mol. The molecule has 158 valence electrons. The molecule has 2 saturated carbocycles. The number of hydrogen-bond donors (Lipinski definition) is 0. The van der Waals surface area contributed by atoms with E-state index >= 15 is 0 Å². The molecule has 2 amide bonds. The number of imide groups is 1. The Morgan fingerprint density at radius 2 is 1.57 bits per heavy atom. The smallest absolute Gasteiger partial charge is 0.233 e. The van der Waals surface area contributed by atoms with Crippen molar-refractivity contribution in [2.24, 2.45) is 35.5 Å². The van der Waals surface area contributed by atoms with Crippen molar-refractivity contribution in [1.82, 2.24) is 14.8 Å². The molecule has 6 aliphatic rings. The van der Waals surface area contributed by atoms with Gasteiger partial charge in [-0.3, -0.25) is 24.4 Å². The van der Waals surface area contributed by atoms with Gasteiger partial charge < -0.3 is 4.90 Å². The van der Waals surface area contributed by atoms with Gasteiger partial charge in [0.25, 0.3) is 0 Å². The molecule has 7 rings (SSSR count). The summed E-state index contributed by atoms with van der Waals surface area (Å²) in [6, 6.07) is 4.11. The zero-order valence-electron chi connectivity index (χ0n) is 17.4. The van der Waals surface area contributed by atoms with E-state index < -0.39 is 0 Å². The van der Waals surface area contributed by atoms with Crippen LogP contribution in [0.1, 0.15) is 19.3 Å². The second kappa shape index (κ2) is 7.19. The molecule has 3 heterocycles. The average Bonchev–Trinajstić information content (AvgIpc) is 3.57. The van der Waals surface area contributed by atoms with Crippen LogP contribution in [-0.4, -0.2) is 65.9 Å². The first kappa shape index (κ1) is 18.6. The van der Waals surface area contributed by atoms with E-state index in [0.29, 0.717) is 30.2 Å². The van der Waals surface area contributed by atoms with Gasteiger partial charge in [0.2, 0.25) is 11.8 Å². The third-order valence-corrected chi connectivity index (χ3v) is 8.24. The molecule has 2 saturated heterocycles. The fourth-order valence-corrected chi connectivity index (χ4v) is 6.61. The zero-order chi connectivity index (χ0) is 20.2. The van der Waals surface area contributed by atoms with E-state index in [-0.39, 0.29) is 23.7 Å². The highest BCUT2D eigenvalue weighted by Gasteiger charge is 2.66. The van der Waals surface area contributed by atoms with Crippen LogP contribution < -0.4 is 4.90 Å². The van der Waals surface area contributed by atoms with Gasteiger partial charge in [-0.1, -0.05) is 12.2 Å². The van der Waals surface area contributed by atoms with E-state index in [2.05, 4.69) is 33.0 Å². The highest BCUT2D eigenvalue weighted by atomic mass is 16.2. The number of allylic oxidation sites excluding steroid dienone is 2. The SMILES string of the molecule is O=C1C2C3C=CC(C4CC34)C2C(=O)N1CCCCN1CCN(c2cccnc2)CC1. The number of carbonyl (C=O) groups is 2. The lowest BCUT2D eigenvalue weighted by Crippen LogP contribution is -2.46. The van der Waals surface area contributed by atoms with Crippen LogP contribution in [0.15, 0.2) is 36.7 Å². The third-order valence-electron chi connectivity index (χ3n) is 8.24. The fourth-order valence-electron chi connectivity index (χ4n) is 6.61. The summed E-state index contributed by atoms with van der Waals surface area (Å²) >= 11 is 0. The Kier molecular flexibility index (Phi) is 4.44. The van der Waals surface area contributed by atoms with E-state index in [9.17, 15) is 9.59 Å². The Morgan fingerprint density at radius 3 is 2.20 bits per heavy atom. The van der Waals surface area contributed by atoms with Crippen LogP contribution in [0, 0.1) is 35.5 Å². The molecule has 6 heteroatoms. The maximum Gasteiger partial charge on any atom is 0.233 e. The number of hydrogen-bond acceptors (Lipinski definition) is 5. The van der Waals surface area contributed by atoms with Crippen molar-refractivity contribution in [2.75, 3.05) is 44.2 Å². The van der Waals surface area contributed by atoms with Crippen LogP contribution in [0.25, 0.3) is 0 Å². The quantitative estimate of drug-likeness (QED) is 0.411. The molecular weight excluding hydrogens is 376 g/mol. The predicted octanol–water partition coefficient (Wildman–Crippen LogP) is 2.04. The van der Waals surface area contributed by atoms with Crippen LogP contribution in [0.5, 0.6) is 0 Å². The Morgan fingerprint density at radius 1 is 0.900 bits per heavy atom. The monoisotopic (exact) mass is 406 g/mol. The summed E-state index contributed by atoms with van der Waals surface area (Å²) < 4.78 is 0. The van der Waals surface area contributed by atoms with Crippen LogP contribution >= 0.6 is 0 Å². The zero-order valence-corrected chi connectivity index (χ0v) is 17.4. The molecule has 1 aromatic rings. The molecule has 0 N–H and O–H groups in total. The number of aromatic nitrogens is 1. The number of rotatable bonds is 6. The Bertz CT molecular complexity index is 827.